The number of oxime groups is 3. The van der Waals surface area contributed by atoms with Crippen LogP contribution >= 0.6 is 0 Å². The molecule has 0 aromatic carbocycles. The van der Waals surface area contributed by atoms with Gasteiger partial charge in [-0.2, -0.15) is 0 Å². The predicted molar refractivity (Wildman–Crippen MR) is 103 cm³/mol. The minimum atomic E-state index is 0.732. The van der Waals surface area contributed by atoms with Crippen molar-refractivity contribution in [3.8, 4) is 0 Å². The fourth-order valence-electron chi connectivity index (χ4n) is 1.51. The van der Waals surface area contributed by atoms with Gasteiger partial charge >= 0.3 is 0 Å². The van der Waals surface area contributed by atoms with Gasteiger partial charge in [-0.1, -0.05) is 62.6 Å². The molecule has 0 fully saturated rings. The van der Waals surface area contributed by atoms with E-state index in [1.807, 2.05) is 34.6 Å². The maximum atomic E-state index is 8.38. The molecule has 0 aliphatic carbocycles. The summed E-state index contributed by atoms with van der Waals surface area (Å²) in [5, 5.41) is 33.9. The van der Waals surface area contributed by atoms with Gasteiger partial charge in [0.1, 0.15) is 0 Å². The van der Waals surface area contributed by atoms with E-state index in [2.05, 4.69) is 22.4 Å². The van der Waals surface area contributed by atoms with Gasteiger partial charge in [0.25, 0.3) is 0 Å². The molecule has 6 nitrogen and oxygen atoms in total. The molecule has 138 valence electrons. The lowest BCUT2D eigenvalue weighted by Gasteiger charge is -2.02. The van der Waals surface area contributed by atoms with Crippen molar-refractivity contribution in [2.45, 2.75) is 85.6 Å². The molecule has 0 aliphatic rings. The number of hydrogen-bond acceptors (Lipinski definition) is 6. The van der Waals surface area contributed by atoms with Gasteiger partial charge in [0, 0.05) is 10.2 Å². The summed E-state index contributed by atoms with van der Waals surface area (Å²) in [7, 11) is 1.18. The standard InChI is InChI=1S/C6H15NOSi.2C5H11NO/c1-3-6(7-8)4-5(2)9;2*1-3-5(4-2)6-7/h5,8H,3-4H2,1-2,9H3;2*7H,3-4H2,1-2H3. The molecular weight excluding hydrogens is 310 g/mol. The lowest BCUT2D eigenvalue weighted by atomic mass is 10.2. The zero-order valence-electron chi connectivity index (χ0n) is 16.0. The SMILES string of the molecule is CCC(CC(C)[SiH3])=NO.CCC(CC)=NO.CCC(CC)=NO. The zero-order valence-corrected chi connectivity index (χ0v) is 18.0. The van der Waals surface area contributed by atoms with Crippen molar-refractivity contribution < 1.29 is 15.6 Å². The summed E-state index contributed by atoms with van der Waals surface area (Å²) in [5.41, 5.74) is 3.38. The molecule has 0 rings (SSSR count). The lowest BCUT2D eigenvalue weighted by Crippen LogP contribution is -1.99. The Bertz CT molecular complexity index is 311. The molecule has 3 N–H and O–H groups in total. The van der Waals surface area contributed by atoms with Gasteiger partial charge in [0.05, 0.1) is 17.1 Å². The van der Waals surface area contributed by atoms with E-state index in [1.165, 1.54) is 10.2 Å². The van der Waals surface area contributed by atoms with Crippen LogP contribution in [-0.4, -0.2) is 43.0 Å². The lowest BCUT2D eigenvalue weighted by molar-refractivity contribution is 0.316. The Hall–Kier alpha value is -1.37. The van der Waals surface area contributed by atoms with E-state index < -0.39 is 0 Å². The van der Waals surface area contributed by atoms with Crippen LogP contribution in [0.5, 0.6) is 0 Å². The Morgan fingerprint density at radius 3 is 1.00 bits per heavy atom. The first-order valence-electron chi connectivity index (χ1n) is 8.49. The first kappa shape index (κ1) is 26.5. The van der Waals surface area contributed by atoms with Crippen molar-refractivity contribution in [2.75, 3.05) is 0 Å². The van der Waals surface area contributed by atoms with Gasteiger partial charge in [-0.25, -0.2) is 0 Å². The summed E-state index contributed by atoms with van der Waals surface area (Å²) in [6.45, 7) is 12.1. The molecule has 1 unspecified atom stereocenters. The second-order valence-electron chi connectivity index (χ2n) is 5.36. The number of nitrogens with zero attached hydrogens (tertiary/aromatic N) is 3. The summed E-state index contributed by atoms with van der Waals surface area (Å²) < 4.78 is 0. The fourth-order valence-corrected chi connectivity index (χ4v) is 1.98. The van der Waals surface area contributed by atoms with Crippen molar-refractivity contribution >= 4 is 27.4 Å². The molecule has 0 heterocycles. The van der Waals surface area contributed by atoms with Crippen LogP contribution in [0.1, 0.15) is 80.1 Å². The van der Waals surface area contributed by atoms with Crippen molar-refractivity contribution in [1.29, 1.82) is 0 Å². The third kappa shape index (κ3) is 20.6. The fraction of sp³-hybridized carbons (Fsp3) is 0.812. The van der Waals surface area contributed by atoms with Crippen LogP contribution in [0.2, 0.25) is 5.54 Å². The topological polar surface area (TPSA) is 97.8 Å². The van der Waals surface area contributed by atoms with E-state index in [9.17, 15) is 0 Å². The van der Waals surface area contributed by atoms with Gasteiger partial charge < -0.3 is 15.6 Å². The monoisotopic (exact) mass is 347 g/mol. The molecule has 7 heteroatoms. The molecule has 0 saturated carbocycles. The van der Waals surface area contributed by atoms with Crippen LogP contribution in [0, 0.1) is 0 Å². The molecule has 0 bridgehead atoms. The molecule has 0 aromatic heterocycles. The van der Waals surface area contributed by atoms with Crippen molar-refractivity contribution in [3.05, 3.63) is 0 Å². The smallest absolute Gasteiger partial charge is 0.0567 e. The minimum absolute atomic E-state index is 0.732. The highest BCUT2D eigenvalue weighted by Crippen LogP contribution is 2.06. The van der Waals surface area contributed by atoms with Gasteiger partial charge in [-0.05, 0) is 38.5 Å². The predicted octanol–water partition coefficient (Wildman–Crippen LogP) is 4.06. The molecule has 0 spiro atoms. The van der Waals surface area contributed by atoms with E-state index in [0.29, 0.717) is 0 Å². The highest BCUT2D eigenvalue weighted by Gasteiger charge is 1.99. The summed E-state index contributed by atoms with van der Waals surface area (Å²) in [6.07, 6.45) is 5.27. The van der Waals surface area contributed by atoms with E-state index in [4.69, 9.17) is 15.6 Å². The second kappa shape index (κ2) is 20.6. The Labute approximate surface area is 144 Å². The summed E-state index contributed by atoms with van der Waals surface area (Å²) in [4.78, 5) is 0. The first-order valence-corrected chi connectivity index (χ1v) is 9.65. The van der Waals surface area contributed by atoms with Gasteiger partial charge in [0.2, 0.25) is 0 Å². The molecule has 0 saturated heterocycles. The van der Waals surface area contributed by atoms with Gasteiger partial charge in [0.15, 0.2) is 0 Å². The molecular formula is C16H37N3O3Si. The average Bonchev–Trinajstić information content (AvgIpc) is 2.57. The van der Waals surface area contributed by atoms with E-state index in [-0.39, 0.29) is 0 Å². The Morgan fingerprint density at radius 1 is 0.696 bits per heavy atom. The van der Waals surface area contributed by atoms with Gasteiger partial charge in [-0.15, -0.1) is 0 Å². The maximum Gasteiger partial charge on any atom is 0.0567 e. The largest absolute Gasteiger partial charge is 0.411 e. The highest BCUT2D eigenvalue weighted by molar-refractivity contribution is 6.13. The highest BCUT2D eigenvalue weighted by atomic mass is 28.1. The number of rotatable bonds is 7. The van der Waals surface area contributed by atoms with Crippen LogP contribution in [0.3, 0.4) is 0 Å². The van der Waals surface area contributed by atoms with Crippen molar-refractivity contribution in [3.63, 3.8) is 0 Å². The molecule has 0 radical (unpaired) electrons. The Morgan fingerprint density at radius 2 is 0.957 bits per heavy atom. The van der Waals surface area contributed by atoms with Crippen molar-refractivity contribution in [2.24, 2.45) is 15.5 Å². The summed E-state index contributed by atoms with van der Waals surface area (Å²) in [6, 6.07) is 0. The average molecular weight is 348 g/mol. The summed E-state index contributed by atoms with van der Waals surface area (Å²) >= 11 is 0. The quantitative estimate of drug-likeness (QED) is 0.280. The number of hydrogen-bond donors (Lipinski definition) is 3. The van der Waals surface area contributed by atoms with Gasteiger partial charge in [-0.3, -0.25) is 0 Å². The third-order valence-corrected chi connectivity index (χ3v) is 3.52. The van der Waals surface area contributed by atoms with E-state index in [1.54, 1.807) is 0 Å². The second-order valence-corrected chi connectivity index (χ2v) is 7.34. The molecule has 0 aliphatic heterocycles. The van der Waals surface area contributed by atoms with Crippen LogP contribution < -0.4 is 0 Å². The van der Waals surface area contributed by atoms with Crippen LogP contribution in [0.15, 0.2) is 15.5 Å². The third-order valence-electron chi connectivity index (χ3n) is 3.11. The molecule has 0 aromatic rings. The first-order chi connectivity index (χ1) is 10.9. The van der Waals surface area contributed by atoms with E-state index in [0.717, 1.165) is 61.2 Å². The minimum Gasteiger partial charge on any atom is -0.411 e. The summed E-state index contributed by atoms with van der Waals surface area (Å²) in [5.74, 6) is 0. The Kier molecular flexibility index (Phi) is 23.8. The maximum absolute atomic E-state index is 8.38. The van der Waals surface area contributed by atoms with Crippen LogP contribution in [0.4, 0.5) is 0 Å². The molecule has 23 heavy (non-hydrogen) atoms. The molecule has 1 atom stereocenters. The Balaban J connectivity index is -0.000000264. The van der Waals surface area contributed by atoms with Crippen LogP contribution in [0.25, 0.3) is 0 Å². The van der Waals surface area contributed by atoms with Crippen LogP contribution in [-0.2, 0) is 0 Å². The zero-order chi connectivity index (χ0) is 18.7. The van der Waals surface area contributed by atoms with E-state index >= 15 is 0 Å². The normalized spacial score (nSPS) is 11.3. The molecule has 0 amide bonds. The van der Waals surface area contributed by atoms with Crippen molar-refractivity contribution in [1.82, 2.24) is 0 Å².